The van der Waals surface area contributed by atoms with Gasteiger partial charge in [-0.05, 0) is 44.0 Å². The molecule has 2 aromatic rings. The number of nitrogens with one attached hydrogen (secondary N) is 1. The van der Waals surface area contributed by atoms with Crippen molar-refractivity contribution < 1.29 is 14.3 Å². The normalized spacial score (nSPS) is 15.1. The maximum absolute atomic E-state index is 12.1. The molecule has 0 fully saturated rings. The first-order valence-corrected chi connectivity index (χ1v) is 7.66. The molecule has 0 spiro atoms. The first-order chi connectivity index (χ1) is 11.3. The van der Waals surface area contributed by atoms with Gasteiger partial charge in [-0.25, -0.2) is 4.79 Å². The summed E-state index contributed by atoms with van der Waals surface area (Å²) < 4.78 is 5.17. The Morgan fingerprint density at radius 3 is 2.42 bits per heavy atom. The molecule has 1 heterocycles. The molecule has 0 bridgehead atoms. The van der Waals surface area contributed by atoms with Gasteiger partial charge in [0.05, 0.1) is 5.69 Å². The number of hydrogen-bond acceptors (Lipinski definition) is 3. The Balaban J connectivity index is 1.98. The van der Waals surface area contributed by atoms with E-state index in [4.69, 9.17) is 4.74 Å². The van der Waals surface area contributed by atoms with Gasteiger partial charge in [0.15, 0.2) is 0 Å². The molecule has 0 saturated heterocycles. The molecule has 1 aliphatic rings. The van der Waals surface area contributed by atoms with Crippen molar-refractivity contribution in [1.82, 2.24) is 0 Å². The number of fused-ring (bicyclic) bond motifs is 1. The number of amides is 2. The van der Waals surface area contributed by atoms with Gasteiger partial charge in [-0.1, -0.05) is 36.4 Å². The lowest BCUT2D eigenvalue weighted by molar-refractivity contribution is -0.110. The number of ether oxygens (including phenoxy) is 1. The molecular weight excluding hydrogens is 304 g/mol. The van der Waals surface area contributed by atoms with E-state index in [9.17, 15) is 9.59 Å². The highest BCUT2D eigenvalue weighted by Gasteiger charge is 2.28. The van der Waals surface area contributed by atoms with Gasteiger partial charge >= 0.3 is 6.09 Å². The van der Waals surface area contributed by atoms with Crippen LogP contribution >= 0.6 is 0 Å². The molecule has 1 N–H and O–H groups in total. The molecule has 0 aromatic heterocycles. The molecule has 0 atom stereocenters. The second kappa shape index (κ2) is 5.92. The van der Waals surface area contributed by atoms with Crippen molar-refractivity contribution in [3.63, 3.8) is 0 Å². The van der Waals surface area contributed by atoms with Crippen molar-refractivity contribution in [3.05, 3.63) is 54.1 Å². The fourth-order valence-corrected chi connectivity index (χ4v) is 2.45. The molecular formula is C19H18N2O3. The van der Waals surface area contributed by atoms with Crippen LogP contribution < -0.4 is 5.32 Å². The van der Waals surface area contributed by atoms with Crippen molar-refractivity contribution in [1.29, 1.82) is 0 Å². The Kier molecular flexibility index (Phi) is 3.93. The molecule has 0 aliphatic carbocycles. The molecule has 5 heteroatoms. The van der Waals surface area contributed by atoms with E-state index in [-0.39, 0.29) is 5.71 Å². The maximum Gasteiger partial charge on any atom is 0.434 e. The van der Waals surface area contributed by atoms with Crippen molar-refractivity contribution in [2.45, 2.75) is 26.4 Å². The highest BCUT2D eigenvalue weighted by atomic mass is 16.6. The van der Waals surface area contributed by atoms with Crippen LogP contribution in [0.25, 0.3) is 11.1 Å². The van der Waals surface area contributed by atoms with Gasteiger partial charge in [0, 0.05) is 5.56 Å². The van der Waals surface area contributed by atoms with E-state index in [2.05, 4.69) is 10.3 Å². The van der Waals surface area contributed by atoms with Crippen LogP contribution in [0, 0.1) is 0 Å². The quantitative estimate of drug-likeness (QED) is 0.862. The van der Waals surface area contributed by atoms with Gasteiger partial charge in [0.25, 0.3) is 5.91 Å². The van der Waals surface area contributed by atoms with Gasteiger partial charge < -0.3 is 10.1 Å². The second-order valence-corrected chi connectivity index (χ2v) is 6.52. The highest BCUT2D eigenvalue weighted by molar-refractivity contribution is 6.54. The first-order valence-electron chi connectivity index (χ1n) is 7.66. The van der Waals surface area contributed by atoms with Crippen LogP contribution in [0.1, 0.15) is 26.3 Å². The third-order valence-corrected chi connectivity index (χ3v) is 3.44. The zero-order valence-corrected chi connectivity index (χ0v) is 13.8. The van der Waals surface area contributed by atoms with E-state index in [1.807, 2.05) is 48.5 Å². The van der Waals surface area contributed by atoms with Crippen molar-refractivity contribution in [3.8, 4) is 11.1 Å². The summed E-state index contributed by atoms with van der Waals surface area (Å²) in [5.41, 5.74) is 2.63. The van der Waals surface area contributed by atoms with E-state index in [1.165, 1.54) is 0 Å². The Morgan fingerprint density at radius 1 is 1.04 bits per heavy atom. The van der Waals surface area contributed by atoms with Crippen molar-refractivity contribution in [2.24, 2.45) is 4.99 Å². The van der Waals surface area contributed by atoms with Gasteiger partial charge in [-0.2, -0.15) is 4.99 Å². The summed E-state index contributed by atoms with van der Waals surface area (Å²) in [5, 5.41) is 2.72. The summed E-state index contributed by atoms with van der Waals surface area (Å²) in [5.74, 6) is -0.402. The molecule has 5 nitrogen and oxygen atoms in total. The number of rotatable bonds is 1. The number of carbonyl (C=O) groups excluding carboxylic acids is 2. The standard InChI is InChI=1S/C19H18N2O3/c1-19(2,3)24-18(23)21-16-14-11-13(12-7-5-4-6-8-12)9-10-15(14)20-17(16)22/h4-11H,1-3H3,(H,20,21,22,23). The number of nitrogens with zero attached hydrogens (tertiary/aromatic N) is 1. The van der Waals surface area contributed by atoms with E-state index >= 15 is 0 Å². The van der Waals surface area contributed by atoms with Crippen LogP contribution in [0.3, 0.4) is 0 Å². The maximum atomic E-state index is 12.1. The fourth-order valence-electron chi connectivity index (χ4n) is 2.45. The molecule has 122 valence electrons. The summed E-state index contributed by atoms with van der Waals surface area (Å²) in [6.45, 7) is 5.25. The Labute approximate surface area is 140 Å². The lowest BCUT2D eigenvalue weighted by atomic mass is 10.0. The van der Waals surface area contributed by atoms with Crippen molar-refractivity contribution in [2.75, 3.05) is 5.32 Å². The topological polar surface area (TPSA) is 67.8 Å². The Hall–Kier alpha value is -2.95. The van der Waals surface area contributed by atoms with Crippen molar-refractivity contribution >= 4 is 23.4 Å². The third kappa shape index (κ3) is 3.35. The number of anilines is 1. The Morgan fingerprint density at radius 2 is 1.75 bits per heavy atom. The van der Waals surface area contributed by atoms with Gasteiger partial charge in [0.2, 0.25) is 0 Å². The minimum Gasteiger partial charge on any atom is -0.442 e. The zero-order valence-electron chi connectivity index (χ0n) is 13.8. The summed E-state index contributed by atoms with van der Waals surface area (Å²) >= 11 is 0. The lowest BCUT2D eigenvalue weighted by Crippen LogP contribution is -2.24. The van der Waals surface area contributed by atoms with E-state index in [0.29, 0.717) is 11.3 Å². The minimum atomic E-state index is -0.773. The third-order valence-electron chi connectivity index (χ3n) is 3.44. The predicted octanol–water partition coefficient (Wildman–Crippen LogP) is 4.03. The monoisotopic (exact) mass is 322 g/mol. The molecule has 3 rings (SSSR count). The van der Waals surface area contributed by atoms with Gasteiger partial charge in [0.1, 0.15) is 11.3 Å². The summed E-state index contributed by atoms with van der Waals surface area (Å²) in [4.78, 5) is 27.9. The fraction of sp³-hybridized carbons (Fsp3) is 0.211. The molecule has 24 heavy (non-hydrogen) atoms. The first kappa shape index (κ1) is 15.9. The molecule has 2 aromatic carbocycles. The van der Waals surface area contributed by atoms with Gasteiger partial charge in [-0.15, -0.1) is 0 Å². The van der Waals surface area contributed by atoms with E-state index in [0.717, 1.165) is 11.1 Å². The Bertz CT molecular complexity index is 833. The van der Waals surface area contributed by atoms with E-state index in [1.54, 1.807) is 20.8 Å². The number of hydrogen-bond donors (Lipinski definition) is 1. The zero-order chi connectivity index (χ0) is 17.3. The van der Waals surface area contributed by atoms with Crippen LogP contribution in [-0.4, -0.2) is 23.3 Å². The average Bonchev–Trinajstić information content (AvgIpc) is 2.81. The molecule has 0 unspecified atom stereocenters. The number of carbonyl (C=O) groups is 2. The summed E-state index contributed by atoms with van der Waals surface area (Å²) in [6, 6.07) is 15.4. The van der Waals surface area contributed by atoms with E-state index < -0.39 is 17.6 Å². The molecule has 0 radical (unpaired) electrons. The smallest absolute Gasteiger partial charge is 0.434 e. The average molecular weight is 322 g/mol. The van der Waals surface area contributed by atoms with Crippen LogP contribution in [0.15, 0.2) is 53.5 Å². The summed E-state index contributed by atoms with van der Waals surface area (Å²) in [6.07, 6.45) is -0.773. The largest absolute Gasteiger partial charge is 0.442 e. The van der Waals surface area contributed by atoms with Crippen LogP contribution in [0.5, 0.6) is 0 Å². The minimum absolute atomic E-state index is 0.0806. The molecule has 2 amide bonds. The van der Waals surface area contributed by atoms with Gasteiger partial charge in [-0.3, -0.25) is 4.79 Å². The summed E-state index contributed by atoms with van der Waals surface area (Å²) in [7, 11) is 0. The molecule has 1 aliphatic heterocycles. The number of benzene rings is 2. The highest BCUT2D eigenvalue weighted by Crippen LogP contribution is 2.29. The lowest BCUT2D eigenvalue weighted by Gasteiger charge is -2.17. The van der Waals surface area contributed by atoms with Crippen LogP contribution in [-0.2, 0) is 9.53 Å². The number of aliphatic imine (C=N–C) groups is 1. The molecule has 0 saturated carbocycles. The van der Waals surface area contributed by atoms with Crippen LogP contribution in [0.2, 0.25) is 0 Å². The van der Waals surface area contributed by atoms with Crippen LogP contribution in [0.4, 0.5) is 10.5 Å². The predicted molar refractivity (Wildman–Crippen MR) is 93.3 cm³/mol. The second-order valence-electron chi connectivity index (χ2n) is 6.52. The SMILES string of the molecule is CC(C)(C)OC(=O)/N=C1/C(=O)Nc2ccc(-c3ccccc3)cc21.